The molecular weight excluding hydrogens is 408 g/mol. The second-order valence-corrected chi connectivity index (χ2v) is 6.89. The number of benzene rings is 2. The summed E-state index contributed by atoms with van der Waals surface area (Å²) in [5.41, 5.74) is 1.83. The van der Waals surface area contributed by atoms with Gasteiger partial charge in [0, 0.05) is 38.3 Å². The van der Waals surface area contributed by atoms with Crippen molar-refractivity contribution in [2.45, 2.75) is 13.5 Å². The molecule has 0 saturated heterocycles. The number of amides is 3. The van der Waals surface area contributed by atoms with Gasteiger partial charge in [-0.1, -0.05) is 29.8 Å². The van der Waals surface area contributed by atoms with Crippen LogP contribution >= 0.6 is 11.6 Å². The van der Waals surface area contributed by atoms with Gasteiger partial charge in [-0.15, -0.1) is 0 Å². The summed E-state index contributed by atoms with van der Waals surface area (Å²) >= 11 is 5.89. The largest absolute Gasteiger partial charge is 0.378 e. The molecule has 158 valence electrons. The minimum atomic E-state index is -0.392. The smallest absolute Gasteiger partial charge is 0.272 e. The average molecular weight is 431 g/mol. The van der Waals surface area contributed by atoms with Gasteiger partial charge in [0.05, 0.1) is 12.3 Å². The molecule has 8 nitrogen and oxygen atoms in total. The molecule has 1 N–H and O–H groups in total. The topological polar surface area (TPSA) is 91.3 Å². The van der Waals surface area contributed by atoms with Gasteiger partial charge in [0.15, 0.2) is 5.71 Å². The Bertz CT molecular complexity index is 931. The first-order valence-corrected chi connectivity index (χ1v) is 9.40. The highest BCUT2D eigenvalue weighted by Gasteiger charge is 2.19. The maximum atomic E-state index is 12.9. The third kappa shape index (κ3) is 6.68. The Hall–Kier alpha value is -3.23. The van der Waals surface area contributed by atoms with Crippen molar-refractivity contribution in [1.29, 1.82) is 0 Å². The number of hydrogen-bond acceptors (Lipinski definition) is 5. The van der Waals surface area contributed by atoms with Crippen LogP contribution in [-0.2, 0) is 25.7 Å². The van der Waals surface area contributed by atoms with Crippen molar-refractivity contribution in [1.82, 2.24) is 4.90 Å². The van der Waals surface area contributed by atoms with Gasteiger partial charge >= 0.3 is 0 Å². The fraction of sp³-hybridized carbons (Fsp3) is 0.238. The van der Waals surface area contributed by atoms with E-state index in [1.54, 1.807) is 43.4 Å². The van der Waals surface area contributed by atoms with E-state index in [-0.39, 0.29) is 18.2 Å². The molecule has 0 atom stereocenters. The number of halogens is 1. The number of ether oxygens (including phenoxy) is 1. The average Bonchev–Trinajstić information content (AvgIpc) is 2.72. The predicted octanol–water partition coefficient (Wildman–Crippen LogP) is 2.92. The van der Waals surface area contributed by atoms with Gasteiger partial charge in [0.2, 0.25) is 12.3 Å². The van der Waals surface area contributed by atoms with Gasteiger partial charge in [-0.25, -0.2) is 5.01 Å². The Morgan fingerprint density at radius 1 is 1.20 bits per heavy atom. The summed E-state index contributed by atoms with van der Waals surface area (Å²) in [6.45, 7) is 1.63. The molecule has 0 spiro atoms. The zero-order valence-corrected chi connectivity index (χ0v) is 17.7. The highest BCUT2D eigenvalue weighted by Crippen LogP contribution is 2.19. The first-order valence-electron chi connectivity index (χ1n) is 9.02. The fourth-order valence-corrected chi connectivity index (χ4v) is 2.75. The summed E-state index contributed by atoms with van der Waals surface area (Å²) < 4.78 is 5.10. The molecule has 2 rings (SSSR count). The molecule has 30 heavy (non-hydrogen) atoms. The minimum Gasteiger partial charge on any atom is -0.378 e. The summed E-state index contributed by atoms with van der Waals surface area (Å²) in [7, 11) is 3.06. The first kappa shape index (κ1) is 23.1. The summed E-state index contributed by atoms with van der Waals surface area (Å²) in [4.78, 5) is 37.3. The summed E-state index contributed by atoms with van der Waals surface area (Å²) in [6, 6.07) is 13.7. The lowest BCUT2D eigenvalue weighted by molar-refractivity contribution is -0.123. The Kier molecular flexibility index (Phi) is 8.52. The second kappa shape index (κ2) is 11.1. The summed E-state index contributed by atoms with van der Waals surface area (Å²) in [5.74, 6) is -0.635. The number of hydrogen-bond donors (Lipinski definition) is 1. The number of nitrogens with one attached hydrogen (secondary N) is 1. The van der Waals surface area contributed by atoms with Crippen LogP contribution in [0.4, 0.5) is 11.4 Å². The number of anilines is 2. The van der Waals surface area contributed by atoms with Crippen LogP contribution in [0.15, 0.2) is 53.6 Å². The fourth-order valence-electron chi connectivity index (χ4n) is 2.63. The summed E-state index contributed by atoms with van der Waals surface area (Å²) in [6.07, 6.45) is 0.481. The Morgan fingerprint density at radius 3 is 2.50 bits per heavy atom. The monoisotopic (exact) mass is 430 g/mol. The van der Waals surface area contributed by atoms with Crippen LogP contribution < -0.4 is 10.3 Å². The van der Waals surface area contributed by atoms with Gasteiger partial charge in [-0.05, 0) is 35.9 Å². The lowest BCUT2D eigenvalue weighted by atomic mass is 10.2. The quantitative estimate of drug-likeness (QED) is 0.376. The van der Waals surface area contributed by atoms with Crippen LogP contribution in [0.2, 0.25) is 5.02 Å². The van der Waals surface area contributed by atoms with E-state index in [1.807, 2.05) is 12.1 Å². The molecule has 0 bridgehead atoms. The molecule has 0 unspecified atom stereocenters. The van der Waals surface area contributed by atoms with Crippen LogP contribution in [0, 0.1) is 0 Å². The van der Waals surface area contributed by atoms with Gasteiger partial charge < -0.3 is 15.0 Å². The molecule has 0 saturated carbocycles. The Balaban J connectivity index is 2.24. The lowest BCUT2D eigenvalue weighted by Gasteiger charge is -2.20. The molecule has 2 aromatic carbocycles. The number of carbonyl (C=O) groups excluding carboxylic acids is 3. The van der Waals surface area contributed by atoms with Crippen LogP contribution in [0.3, 0.4) is 0 Å². The highest BCUT2D eigenvalue weighted by molar-refractivity contribution is 6.39. The second-order valence-electron chi connectivity index (χ2n) is 6.45. The molecule has 2 aromatic rings. The zero-order chi connectivity index (χ0) is 22.1. The predicted molar refractivity (Wildman–Crippen MR) is 117 cm³/mol. The molecule has 0 fully saturated rings. The molecule has 0 aliphatic heterocycles. The zero-order valence-electron chi connectivity index (χ0n) is 17.0. The van der Waals surface area contributed by atoms with Crippen molar-refractivity contribution in [2.24, 2.45) is 5.10 Å². The lowest BCUT2D eigenvalue weighted by Crippen LogP contribution is -2.36. The van der Waals surface area contributed by atoms with E-state index in [9.17, 15) is 14.4 Å². The molecular formula is C21H23ClN4O4. The van der Waals surface area contributed by atoms with E-state index < -0.39 is 5.91 Å². The Labute approximate surface area is 180 Å². The molecule has 0 radical (unpaired) electrons. The van der Waals surface area contributed by atoms with Crippen LogP contribution in [0.25, 0.3) is 0 Å². The van der Waals surface area contributed by atoms with Crippen molar-refractivity contribution in [2.75, 3.05) is 31.1 Å². The van der Waals surface area contributed by atoms with E-state index in [0.29, 0.717) is 29.4 Å². The van der Waals surface area contributed by atoms with Crippen molar-refractivity contribution in [3.05, 3.63) is 59.1 Å². The standard InChI is InChI=1S/C21H23ClN4O4/c1-15(28)23-18-5-4-6-19(11-18)26(14-27)24-20(13-30-3)21(29)25(2)12-16-7-9-17(22)10-8-16/h4-11,14H,12-13H2,1-3H3,(H,23,28)/b24-20-. The van der Waals surface area contributed by atoms with E-state index >= 15 is 0 Å². The third-order valence-corrected chi connectivity index (χ3v) is 4.22. The maximum Gasteiger partial charge on any atom is 0.272 e. The van der Waals surface area contributed by atoms with Crippen molar-refractivity contribution >= 4 is 46.9 Å². The highest BCUT2D eigenvalue weighted by atomic mass is 35.5. The SMILES string of the molecule is COC/C(=N/N(C=O)c1cccc(NC(C)=O)c1)C(=O)N(C)Cc1ccc(Cl)cc1. The van der Waals surface area contributed by atoms with Crippen LogP contribution in [0.1, 0.15) is 12.5 Å². The first-order chi connectivity index (χ1) is 14.3. The van der Waals surface area contributed by atoms with Gasteiger partial charge in [0.25, 0.3) is 5.91 Å². The molecule has 0 aliphatic rings. The van der Waals surface area contributed by atoms with Crippen LogP contribution in [0.5, 0.6) is 0 Å². The van der Waals surface area contributed by atoms with E-state index in [4.69, 9.17) is 16.3 Å². The molecule has 0 aromatic heterocycles. The minimum absolute atomic E-state index is 0.0472. The van der Waals surface area contributed by atoms with Gasteiger partial charge in [-0.3, -0.25) is 14.4 Å². The van der Waals surface area contributed by atoms with E-state index in [1.165, 1.54) is 18.9 Å². The normalized spacial score (nSPS) is 11.0. The van der Waals surface area contributed by atoms with Crippen LogP contribution in [-0.4, -0.2) is 49.6 Å². The number of nitrogens with zero attached hydrogens (tertiary/aromatic N) is 3. The van der Waals surface area contributed by atoms with Gasteiger partial charge in [-0.2, -0.15) is 5.10 Å². The molecule has 9 heteroatoms. The number of hydrazone groups is 1. The van der Waals surface area contributed by atoms with E-state index in [0.717, 1.165) is 10.6 Å². The number of methoxy groups -OCH3 is 1. The van der Waals surface area contributed by atoms with Gasteiger partial charge in [0.1, 0.15) is 0 Å². The maximum absolute atomic E-state index is 12.9. The third-order valence-electron chi connectivity index (χ3n) is 3.97. The summed E-state index contributed by atoms with van der Waals surface area (Å²) in [5, 5.41) is 8.45. The van der Waals surface area contributed by atoms with Crippen molar-refractivity contribution in [3.63, 3.8) is 0 Å². The molecule has 3 amide bonds. The molecule has 0 heterocycles. The number of rotatable bonds is 9. The molecule has 0 aliphatic carbocycles. The van der Waals surface area contributed by atoms with Crippen molar-refractivity contribution < 1.29 is 19.1 Å². The van der Waals surface area contributed by atoms with Crippen molar-refractivity contribution in [3.8, 4) is 0 Å². The number of carbonyl (C=O) groups is 3. The van der Waals surface area contributed by atoms with E-state index in [2.05, 4.69) is 10.4 Å². The Morgan fingerprint density at radius 2 is 1.90 bits per heavy atom.